The number of likely N-dealkylation sites (tertiary alicyclic amines) is 1. The number of amides is 1. The predicted octanol–water partition coefficient (Wildman–Crippen LogP) is 3.55. The molecule has 2 heterocycles. The minimum atomic E-state index is -0.287. The van der Waals surface area contributed by atoms with Gasteiger partial charge in [-0.05, 0) is 37.1 Å². The Bertz CT molecular complexity index is 728. The van der Waals surface area contributed by atoms with E-state index in [0.29, 0.717) is 13.0 Å². The van der Waals surface area contributed by atoms with Crippen molar-refractivity contribution in [2.75, 3.05) is 38.3 Å². The van der Waals surface area contributed by atoms with Crippen LogP contribution in [0.4, 0.5) is 5.69 Å². The summed E-state index contributed by atoms with van der Waals surface area (Å²) in [6, 6.07) is 16.1. The van der Waals surface area contributed by atoms with E-state index < -0.39 is 0 Å². The molecule has 0 atom stereocenters. The molecule has 1 aliphatic heterocycles. The van der Waals surface area contributed by atoms with Gasteiger partial charge in [0.2, 0.25) is 5.91 Å². The van der Waals surface area contributed by atoms with Crippen molar-refractivity contribution in [3.05, 3.63) is 60.4 Å². The number of hydrogen-bond donors (Lipinski definition) is 0. The normalized spacial score (nSPS) is 16.6. The fraction of sp³-hybridized carbons (Fsp3) is 0.478. The molecule has 0 spiro atoms. The molecule has 5 nitrogen and oxygen atoms in total. The molecule has 0 unspecified atom stereocenters. The smallest absolute Gasteiger partial charge is 0.227 e. The number of para-hydroxylation sites is 1. The number of anilines is 1. The van der Waals surface area contributed by atoms with Crippen molar-refractivity contribution in [1.82, 2.24) is 9.88 Å². The van der Waals surface area contributed by atoms with Gasteiger partial charge < -0.3 is 14.5 Å². The lowest BCUT2D eigenvalue weighted by Crippen LogP contribution is -2.60. The third-order valence-corrected chi connectivity index (χ3v) is 5.65. The zero-order valence-corrected chi connectivity index (χ0v) is 17.0. The Morgan fingerprint density at radius 3 is 2.46 bits per heavy atom. The van der Waals surface area contributed by atoms with E-state index in [-0.39, 0.29) is 11.4 Å². The summed E-state index contributed by atoms with van der Waals surface area (Å²) in [4.78, 5) is 21.8. The summed E-state index contributed by atoms with van der Waals surface area (Å²) in [6.45, 7) is 5.39. The van der Waals surface area contributed by atoms with E-state index >= 15 is 0 Å². The van der Waals surface area contributed by atoms with E-state index in [4.69, 9.17) is 4.74 Å². The van der Waals surface area contributed by atoms with Gasteiger partial charge in [0, 0.05) is 57.2 Å². The van der Waals surface area contributed by atoms with Gasteiger partial charge in [0.25, 0.3) is 0 Å². The van der Waals surface area contributed by atoms with Crippen LogP contribution >= 0.6 is 0 Å². The molecule has 1 aromatic carbocycles. The van der Waals surface area contributed by atoms with Crippen molar-refractivity contribution >= 4 is 11.6 Å². The molecule has 0 aliphatic carbocycles. The van der Waals surface area contributed by atoms with Crippen molar-refractivity contribution in [3.63, 3.8) is 0 Å². The van der Waals surface area contributed by atoms with Gasteiger partial charge in [-0.15, -0.1) is 0 Å². The Morgan fingerprint density at radius 1 is 1.14 bits per heavy atom. The second kappa shape index (κ2) is 9.80. The Morgan fingerprint density at radius 2 is 1.86 bits per heavy atom. The molecule has 3 rings (SSSR count). The van der Waals surface area contributed by atoms with Crippen molar-refractivity contribution in [2.45, 2.75) is 38.1 Å². The number of hydrogen-bond acceptors (Lipinski definition) is 4. The van der Waals surface area contributed by atoms with Crippen molar-refractivity contribution < 1.29 is 9.53 Å². The first-order valence-corrected chi connectivity index (χ1v) is 10.2. The van der Waals surface area contributed by atoms with Crippen molar-refractivity contribution in [1.29, 1.82) is 0 Å². The lowest BCUT2D eigenvalue weighted by molar-refractivity contribution is -0.120. The van der Waals surface area contributed by atoms with E-state index in [9.17, 15) is 4.79 Å². The standard InChI is InChI=1S/C23H31N3O2/c1-3-22(27)26(21-10-5-4-6-11-21)23(19-28-2)13-17-25(18-14-23)16-12-20-9-7-8-15-24-20/h4-11,15H,3,12-14,16-19H2,1-2H3. The van der Waals surface area contributed by atoms with Crippen LogP contribution in [0.3, 0.4) is 0 Å². The molecule has 1 saturated heterocycles. The molecule has 5 heteroatoms. The molecule has 0 bridgehead atoms. The number of methoxy groups -OCH3 is 1. The van der Waals surface area contributed by atoms with Gasteiger partial charge in [-0.3, -0.25) is 9.78 Å². The van der Waals surface area contributed by atoms with Crippen molar-refractivity contribution in [3.8, 4) is 0 Å². The number of carbonyl (C=O) groups excluding carboxylic acids is 1. The van der Waals surface area contributed by atoms with Crippen LogP contribution in [0.1, 0.15) is 31.9 Å². The maximum Gasteiger partial charge on any atom is 0.227 e. The van der Waals surface area contributed by atoms with Crippen LogP contribution < -0.4 is 4.90 Å². The number of piperidine rings is 1. The van der Waals surface area contributed by atoms with E-state index in [1.165, 1.54) is 0 Å². The number of rotatable bonds is 8. The topological polar surface area (TPSA) is 45.7 Å². The fourth-order valence-corrected chi connectivity index (χ4v) is 4.13. The number of nitrogens with zero attached hydrogens (tertiary/aromatic N) is 3. The highest BCUT2D eigenvalue weighted by Crippen LogP contribution is 2.34. The number of ether oxygens (including phenoxy) is 1. The summed E-state index contributed by atoms with van der Waals surface area (Å²) in [7, 11) is 1.73. The molecular weight excluding hydrogens is 350 g/mol. The van der Waals surface area contributed by atoms with Gasteiger partial charge in [-0.25, -0.2) is 0 Å². The van der Waals surface area contributed by atoms with Crippen LogP contribution in [-0.2, 0) is 16.0 Å². The monoisotopic (exact) mass is 381 g/mol. The van der Waals surface area contributed by atoms with Crippen LogP contribution in [0.5, 0.6) is 0 Å². The van der Waals surface area contributed by atoms with E-state index in [1.54, 1.807) is 7.11 Å². The average Bonchev–Trinajstić information content (AvgIpc) is 2.75. The quantitative estimate of drug-likeness (QED) is 0.702. The zero-order chi connectivity index (χ0) is 19.8. The Hall–Kier alpha value is -2.24. The first-order valence-electron chi connectivity index (χ1n) is 10.2. The van der Waals surface area contributed by atoms with Crippen LogP contribution in [0.15, 0.2) is 54.7 Å². The number of benzene rings is 1. The number of pyridine rings is 1. The molecule has 0 radical (unpaired) electrons. The van der Waals surface area contributed by atoms with Gasteiger partial charge in [-0.2, -0.15) is 0 Å². The fourth-order valence-electron chi connectivity index (χ4n) is 4.13. The Labute approximate surface area is 168 Å². The second-order valence-electron chi connectivity index (χ2n) is 7.49. The summed E-state index contributed by atoms with van der Waals surface area (Å²) in [5.41, 5.74) is 1.81. The van der Waals surface area contributed by atoms with E-state index in [1.807, 2.05) is 60.5 Å². The van der Waals surface area contributed by atoms with Crippen LogP contribution in [0.25, 0.3) is 0 Å². The Balaban J connectivity index is 1.72. The summed E-state index contributed by atoms with van der Waals surface area (Å²) >= 11 is 0. The highest BCUT2D eigenvalue weighted by atomic mass is 16.5. The summed E-state index contributed by atoms with van der Waals surface area (Å²) in [6.07, 6.45) is 5.11. The minimum Gasteiger partial charge on any atom is -0.382 e. The lowest BCUT2D eigenvalue weighted by atomic mass is 9.85. The molecule has 28 heavy (non-hydrogen) atoms. The van der Waals surface area contributed by atoms with Gasteiger partial charge in [-0.1, -0.05) is 31.2 Å². The SMILES string of the molecule is CCC(=O)N(c1ccccc1)C1(COC)CCN(CCc2ccccn2)CC1. The van der Waals surface area contributed by atoms with Gasteiger partial charge in [0.05, 0.1) is 12.1 Å². The van der Waals surface area contributed by atoms with Crippen LogP contribution in [0, 0.1) is 0 Å². The van der Waals surface area contributed by atoms with Gasteiger partial charge in [0.1, 0.15) is 0 Å². The molecule has 150 valence electrons. The molecule has 1 fully saturated rings. The predicted molar refractivity (Wildman–Crippen MR) is 112 cm³/mol. The maximum atomic E-state index is 12.9. The first kappa shape index (κ1) is 20.5. The number of carbonyl (C=O) groups is 1. The zero-order valence-electron chi connectivity index (χ0n) is 17.0. The van der Waals surface area contributed by atoms with Crippen LogP contribution in [-0.4, -0.2) is 54.7 Å². The highest BCUT2D eigenvalue weighted by Gasteiger charge is 2.42. The average molecular weight is 382 g/mol. The third kappa shape index (κ3) is 4.78. The summed E-state index contributed by atoms with van der Waals surface area (Å²) in [5.74, 6) is 0.158. The largest absolute Gasteiger partial charge is 0.382 e. The highest BCUT2D eigenvalue weighted by molar-refractivity contribution is 5.94. The first-order chi connectivity index (χ1) is 13.7. The van der Waals surface area contributed by atoms with E-state index in [0.717, 1.165) is 50.3 Å². The molecular formula is C23H31N3O2. The molecule has 1 aromatic heterocycles. The van der Waals surface area contributed by atoms with Gasteiger partial charge in [0.15, 0.2) is 0 Å². The second-order valence-corrected chi connectivity index (χ2v) is 7.49. The maximum absolute atomic E-state index is 12.9. The van der Waals surface area contributed by atoms with E-state index in [2.05, 4.69) is 16.0 Å². The minimum absolute atomic E-state index is 0.158. The molecule has 1 aliphatic rings. The molecule has 1 amide bonds. The third-order valence-electron chi connectivity index (χ3n) is 5.65. The molecule has 2 aromatic rings. The van der Waals surface area contributed by atoms with Crippen LogP contribution in [0.2, 0.25) is 0 Å². The summed E-state index contributed by atoms with van der Waals surface area (Å²) < 4.78 is 5.62. The van der Waals surface area contributed by atoms with Crippen molar-refractivity contribution in [2.24, 2.45) is 0 Å². The lowest BCUT2D eigenvalue weighted by Gasteiger charge is -2.48. The number of aromatic nitrogens is 1. The summed E-state index contributed by atoms with van der Waals surface area (Å²) in [5, 5.41) is 0. The van der Waals surface area contributed by atoms with Gasteiger partial charge >= 0.3 is 0 Å². The Kier molecular flexibility index (Phi) is 7.18. The molecule has 0 saturated carbocycles. The molecule has 0 N–H and O–H groups in total.